The lowest BCUT2D eigenvalue weighted by atomic mass is 10.1. The summed E-state index contributed by atoms with van der Waals surface area (Å²) in [6.07, 6.45) is 1.24. The number of ketones is 1. The summed E-state index contributed by atoms with van der Waals surface area (Å²) < 4.78 is 0. The Morgan fingerprint density at radius 3 is 2.33 bits per heavy atom. The van der Waals surface area contributed by atoms with Crippen LogP contribution in [0.1, 0.15) is 19.4 Å². The molecule has 0 fully saturated rings. The number of aliphatic hydroxyl groups excluding tert-OH is 1. The van der Waals surface area contributed by atoms with Crippen molar-refractivity contribution < 1.29 is 9.90 Å². The van der Waals surface area contributed by atoms with E-state index in [1.807, 2.05) is 0 Å². The smallest absolute Gasteiger partial charge is 0.161 e. The van der Waals surface area contributed by atoms with Crippen molar-refractivity contribution in [3.63, 3.8) is 0 Å². The number of benzene rings is 1. The number of hydrogen-bond acceptors (Lipinski definition) is 2. The SMILES string of the molecule is CC(C)C(=O)/C=C(\O)c1ccc(Cl)cc1. The van der Waals surface area contributed by atoms with Crippen LogP contribution in [0.5, 0.6) is 0 Å². The maximum Gasteiger partial charge on any atom is 0.161 e. The Balaban J connectivity index is 2.89. The van der Waals surface area contributed by atoms with E-state index in [4.69, 9.17) is 11.6 Å². The van der Waals surface area contributed by atoms with Crippen molar-refractivity contribution in [3.8, 4) is 0 Å². The van der Waals surface area contributed by atoms with Crippen LogP contribution < -0.4 is 0 Å². The van der Waals surface area contributed by atoms with Crippen molar-refractivity contribution in [1.82, 2.24) is 0 Å². The minimum absolute atomic E-state index is 0.0228. The molecule has 0 heterocycles. The standard InChI is InChI=1S/C12H13ClO2/c1-8(2)11(14)7-12(15)9-3-5-10(13)6-4-9/h3-8,15H,1-2H3/b12-7-. The van der Waals surface area contributed by atoms with Gasteiger partial charge in [-0.3, -0.25) is 4.79 Å². The van der Waals surface area contributed by atoms with Gasteiger partial charge in [-0.05, 0) is 24.3 Å². The molecule has 2 nitrogen and oxygen atoms in total. The van der Waals surface area contributed by atoms with Gasteiger partial charge in [-0.15, -0.1) is 0 Å². The predicted molar refractivity (Wildman–Crippen MR) is 61.9 cm³/mol. The van der Waals surface area contributed by atoms with Gasteiger partial charge in [0.1, 0.15) is 5.76 Å². The second-order valence-electron chi connectivity index (χ2n) is 3.59. The summed E-state index contributed by atoms with van der Waals surface area (Å²) in [6, 6.07) is 6.67. The van der Waals surface area contributed by atoms with Gasteiger partial charge in [-0.2, -0.15) is 0 Å². The molecule has 3 heteroatoms. The van der Waals surface area contributed by atoms with Gasteiger partial charge in [-0.25, -0.2) is 0 Å². The molecule has 0 aliphatic rings. The molecule has 1 N–H and O–H groups in total. The molecule has 0 atom stereocenters. The molecule has 0 radical (unpaired) electrons. The Morgan fingerprint density at radius 2 is 1.87 bits per heavy atom. The molecule has 0 aliphatic heterocycles. The van der Waals surface area contributed by atoms with Crippen molar-refractivity contribution in [2.45, 2.75) is 13.8 Å². The third-order valence-corrected chi connectivity index (χ3v) is 2.24. The van der Waals surface area contributed by atoms with Crippen molar-refractivity contribution in [2.24, 2.45) is 5.92 Å². The molecule has 0 saturated heterocycles. The lowest BCUT2D eigenvalue weighted by Crippen LogP contribution is -2.03. The van der Waals surface area contributed by atoms with Crippen LogP contribution in [-0.2, 0) is 4.79 Å². The molecule has 0 unspecified atom stereocenters. The molecule has 15 heavy (non-hydrogen) atoms. The number of halogens is 1. The van der Waals surface area contributed by atoms with Gasteiger partial charge in [0.05, 0.1) is 0 Å². The van der Waals surface area contributed by atoms with Crippen LogP contribution in [-0.4, -0.2) is 10.9 Å². The van der Waals surface area contributed by atoms with Crippen molar-refractivity contribution in [1.29, 1.82) is 0 Å². The topological polar surface area (TPSA) is 37.3 Å². The first kappa shape index (κ1) is 11.8. The number of carbonyl (C=O) groups excluding carboxylic acids is 1. The summed E-state index contributed by atoms with van der Waals surface area (Å²) in [4.78, 5) is 11.3. The van der Waals surface area contributed by atoms with Crippen molar-refractivity contribution >= 4 is 23.1 Å². The zero-order valence-corrected chi connectivity index (χ0v) is 9.45. The van der Waals surface area contributed by atoms with Gasteiger partial charge in [0.25, 0.3) is 0 Å². The van der Waals surface area contributed by atoms with E-state index in [-0.39, 0.29) is 17.5 Å². The second-order valence-corrected chi connectivity index (χ2v) is 4.03. The minimum Gasteiger partial charge on any atom is -0.507 e. The zero-order valence-electron chi connectivity index (χ0n) is 8.70. The average Bonchev–Trinajstić information content (AvgIpc) is 2.18. The van der Waals surface area contributed by atoms with Crippen LogP contribution >= 0.6 is 11.6 Å². The van der Waals surface area contributed by atoms with Crippen molar-refractivity contribution in [3.05, 3.63) is 40.9 Å². The van der Waals surface area contributed by atoms with Crippen molar-refractivity contribution in [2.75, 3.05) is 0 Å². The fourth-order valence-corrected chi connectivity index (χ4v) is 1.13. The quantitative estimate of drug-likeness (QED) is 0.631. The molecular weight excluding hydrogens is 212 g/mol. The number of aliphatic hydroxyl groups is 1. The van der Waals surface area contributed by atoms with Gasteiger partial charge in [0.15, 0.2) is 5.78 Å². The highest BCUT2D eigenvalue weighted by molar-refractivity contribution is 6.30. The number of allylic oxidation sites excluding steroid dienone is 1. The van der Waals surface area contributed by atoms with Crippen LogP contribution in [0, 0.1) is 5.92 Å². The van der Waals surface area contributed by atoms with E-state index in [1.54, 1.807) is 38.1 Å². The molecular formula is C12H13ClO2. The Bertz CT molecular complexity index is 377. The van der Waals surface area contributed by atoms with Gasteiger partial charge in [-0.1, -0.05) is 25.4 Å². The molecule has 0 spiro atoms. The second kappa shape index (κ2) is 4.99. The fraction of sp³-hybridized carbons (Fsp3) is 0.250. The lowest BCUT2D eigenvalue weighted by molar-refractivity contribution is -0.117. The average molecular weight is 225 g/mol. The Morgan fingerprint density at radius 1 is 1.33 bits per heavy atom. The monoisotopic (exact) mass is 224 g/mol. The number of carbonyl (C=O) groups is 1. The molecule has 80 valence electrons. The highest BCUT2D eigenvalue weighted by atomic mass is 35.5. The maximum atomic E-state index is 11.3. The summed E-state index contributed by atoms with van der Waals surface area (Å²) in [5.41, 5.74) is 0.591. The first-order valence-corrected chi connectivity index (χ1v) is 5.09. The van der Waals surface area contributed by atoms with Gasteiger partial charge in [0.2, 0.25) is 0 Å². The highest BCUT2D eigenvalue weighted by Crippen LogP contribution is 2.16. The number of rotatable bonds is 3. The summed E-state index contributed by atoms with van der Waals surface area (Å²) in [7, 11) is 0. The van der Waals surface area contributed by atoms with Crippen LogP contribution in [0.25, 0.3) is 5.76 Å². The molecule has 0 saturated carbocycles. The summed E-state index contributed by atoms with van der Waals surface area (Å²) in [5.74, 6) is -0.229. The molecule has 1 aromatic carbocycles. The molecule has 1 rings (SSSR count). The van der Waals surface area contributed by atoms with Gasteiger partial charge < -0.3 is 5.11 Å². The summed E-state index contributed by atoms with van der Waals surface area (Å²) >= 11 is 5.70. The summed E-state index contributed by atoms with van der Waals surface area (Å²) in [5, 5.41) is 10.2. The van der Waals surface area contributed by atoms with Crippen LogP contribution in [0.3, 0.4) is 0 Å². The van der Waals surface area contributed by atoms with E-state index in [1.165, 1.54) is 6.08 Å². The Hall–Kier alpha value is -1.28. The molecule has 0 amide bonds. The molecule has 1 aromatic rings. The minimum atomic E-state index is -0.112. The molecule has 0 bridgehead atoms. The lowest BCUT2D eigenvalue weighted by Gasteiger charge is -2.02. The fourth-order valence-electron chi connectivity index (χ4n) is 1.01. The normalized spacial score (nSPS) is 11.9. The van der Waals surface area contributed by atoms with Gasteiger partial charge in [0, 0.05) is 22.6 Å². The summed E-state index contributed by atoms with van der Waals surface area (Å²) in [6.45, 7) is 3.57. The molecule has 0 aromatic heterocycles. The highest BCUT2D eigenvalue weighted by Gasteiger charge is 2.06. The number of hydrogen-bond donors (Lipinski definition) is 1. The predicted octanol–water partition coefficient (Wildman–Crippen LogP) is 3.46. The van der Waals surface area contributed by atoms with E-state index in [9.17, 15) is 9.90 Å². The third kappa shape index (κ3) is 3.40. The van der Waals surface area contributed by atoms with E-state index in [0.29, 0.717) is 10.6 Å². The first-order chi connectivity index (χ1) is 7.00. The van der Waals surface area contributed by atoms with Crippen LogP contribution in [0.15, 0.2) is 30.3 Å². The molecule has 0 aliphatic carbocycles. The van der Waals surface area contributed by atoms with Crippen LogP contribution in [0.2, 0.25) is 5.02 Å². The van der Waals surface area contributed by atoms with E-state index >= 15 is 0 Å². The van der Waals surface area contributed by atoms with Crippen LogP contribution in [0.4, 0.5) is 0 Å². The zero-order chi connectivity index (χ0) is 11.4. The Kier molecular flexibility index (Phi) is 3.92. The largest absolute Gasteiger partial charge is 0.507 e. The van der Waals surface area contributed by atoms with E-state index in [0.717, 1.165) is 0 Å². The van der Waals surface area contributed by atoms with E-state index in [2.05, 4.69) is 0 Å². The first-order valence-electron chi connectivity index (χ1n) is 4.71. The van der Waals surface area contributed by atoms with E-state index < -0.39 is 0 Å². The third-order valence-electron chi connectivity index (χ3n) is 1.99. The Labute approximate surface area is 94.2 Å². The van der Waals surface area contributed by atoms with Gasteiger partial charge >= 0.3 is 0 Å². The maximum absolute atomic E-state index is 11.3.